The molecule has 5 nitrogen and oxygen atoms in total. The Balaban J connectivity index is 1.64. The fourth-order valence-electron chi connectivity index (χ4n) is 3.70. The van der Waals surface area contributed by atoms with E-state index in [1.54, 1.807) is 4.90 Å². The van der Waals surface area contributed by atoms with Crippen LogP contribution in [-0.2, 0) is 16.0 Å². The number of likely N-dealkylation sites (tertiary alicyclic amines) is 2. The molecule has 2 aliphatic rings. The third kappa shape index (κ3) is 5.14. The van der Waals surface area contributed by atoms with Crippen molar-refractivity contribution < 1.29 is 31.9 Å². The van der Waals surface area contributed by atoms with E-state index in [9.17, 15) is 27.2 Å². The molecular weight excluding hydrogens is 380 g/mol. The minimum Gasteiger partial charge on any atom is -0.406 e. The van der Waals surface area contributed by atoms with E-state index < -0.39 is 24.5 Å². The fraction of sp³-hybridized carbons (Fsp3) is 0.579. The summed E-state index contributed by atoms with van der Waals surface area (Å²) in [5.41, 5.74) is 0.464. The van der Waals surface area contributed by atoms with E-state index in [2.05, 4.69) is 4.74 Å². The third-order valence-electron chi connectivity index (χ3n) is 5.04. The van der Waals surface area contributed by atoms with Gasteiger partial charge in [0.2, 0.25) is 11.8 Å². The number of piperidine rings is 1. The maximum Gasteiger partial charge on any atom is 0.573 e. The van der Waals surface area contributed by atoms with Crippen molar-refractivity contribution in [3.63, 3.8) is 0 Å². The Kier molecular flexibility index (Phi) is 6.10. The second kappa shape index (κ2) is 8.36. The molecule has 0 saturated carbocycles. The predicted octanol–water partition coefficient (Wildman–Crippen LogP) is 3.08. The van der Waals surface area contributed by atoms with E-state index in [-0.39, 0.29) is 31.0 Å². The summed E-state index contributed by atoms with van der Waals surface area (Å²) in [7, 11) is 0. The van der Waals surface area contributed by atoms with E-state index >= 15 is 0 Å². The van der Waals surface area contributed by atoms with Crippen LogP contribution in [0.4, 0.5) is 17.6 Å². The van der Waals surface area contributed by atoms with E-state index in [1.807, 2.05) is 0 Å². The molecule has 1 aromatic carbocycles. The molecule has 2 atom stereocenters. The van der Waals surface area contributed by atoms with Crippen molar-refractivity contribution >= 4 is 11.8 Å². The van der Waals surface area contributed by atoms with Crippen molar-refractivity contribution in [1.82, 2.24) is 9.80 Å². The fourth-order valence-corrected chi connectivity index (χ4v) is 3.70. The van der Waals surface area contributed by atoms with Gasteiger partial charge in [0.05, 0.1) is 13.0 Å². The summed E-state index contributed by atoms with van der Waals surface area (Å²) in [4.78, 5) is 28.3. The first-order valence-corrected chi connectivity index (χ1v) is 9.30. The van der Waals surface area contributed by atoms with Crippen molar-refractivity contribution in [2.75, 3.05) is 19.6 Å². The van der Waals surface area contributed by atoms with Gasteiger partial charge in [-0.15, -0.1) is 13.2 Å². The lowest BCUT2D eigenvalue weighted by Gasteiger charge is -2.32. The van der Waals surface area contributed by atoms with Crippen LogP contribution < -0.4 is 4.74 Å². The molecule has 0 N–H and O–H groups in total. The van der Waals surface area contributed by atoms with Gasteiger partial charge in [-0.2, -0.15) is 0 Å². The normalized spacial score (nSPS) is 23.0. The predicted molar refractivity (Wildman–Crippen MR) is 92.3 cm³/mol. The maximum atomic E-state index is 14.0. The maximum absolute atomic E-state index is 14.0. The molecule has 0 aliphatic carbocycles. The van der Waals surface area contributed by atoms with Crippen molar-refractivity contribution in [2.24, 2.45) is 0 Å². The Morgan fingerprint density at radius 3 is 2.32 bits per heavy atom. The van der Waals surface area contributed by atoms with E-state index in [1.165, 1.54) is 17.0 Å². The van der Waals surface area contributed by atoms with Crippen LogP contribution in [0.25, 0.3) is 0 Å². The van der Waals surface area contributed by atoms with Gasteiger partial charge in [-0.1, -0.05) is 12.1 Å². The lowest BCUT2D eigenvalue weighted by molar-refractivity contribution is -0.274. The summed E-state index contributed by atoms with van der Waals surface area (Å²) < 4.78 is 54.4. The third-order valence-corrected chi connectivity index (χ3v) is 5.04. The van der Waals surface area contributed by atoms with Crippen molar-refractivity contribution in [1.29, 1.82) is 0 Å². The number of halogens is 4. The number of nitrogens with zero attached hydrogens (tertiary/aromatic N) is 2. The minimum absolute atomic E-state index is 0.0145. The van der Waals surface area contributed by atoms with Gasteiger partial charge < -0.3 is 14.5 Å². The second-order valence-electron chi connectivity index (χ2n) is 7.15. The summed E-state index contributed by atoms with van der Waals surface area (Å²) in [5.74, 6) is -1.02. The molecule has 28 heavy (non-hydrogen) atoms. The molecule has 2 amide bonds. The Hall–Kier alpha value is -2.32. The van der Waals surface area contributed by atoms with Gasteiger partial charge in [0, 0.05) is 19.5 Å². The van der Waals surface area contributed by atoms with Crippen LogP contribution in [0, 0.1) is 0 Å². The first-order chi connectivity index (χ1) is 13.2. The Labute approximate surface area is 160 Å². The molecule has 1 aromatic rings. The summed E-state index contributed by atoms with van der Waals surface area (Å²) in [6.07, 6.45) is -3.33. The van der Waals surface area contributed by atoms with Gasteiger partial charge in [0.1, 0.15) is 18.0 Å². The second-order valence-corrected chi connectivity index (χ2v) is 7.15. The molecular formula is C19H22F4N2O3. The molecule has 2 fully saturated rings. The lowest BCUT2D eigenvalue weighted by Crippen LogP contribution is -2.49. The van der Waals surface area contributed by atoms with Crippen LogP contribution in [0.15, 0.2) is 24.3 Å². The van der Waals surface area contributed by atoms with Gasteiger partial charge in [0.15, 0.2) is 0 Å². The average molecular weight is 402 g/mol. The van der Waals surface area contributed by atoms with E-state index in [0.717, 1.165) is 31.4 Å². The highest BCUT2D eigenvalue weighted by molar-refractivity contribution is 5.89. The van der Waals surface area contributed by atoms with E-state index in [4.69, 9.17) is 0 Å². The van der Waals surface area contributed by atoms with E-state index in [0.29, 0.717) is 18.7 Å². The van der Waals surface area contributed by atoms with Gasteiger partial charge >= 0.3 is 6.36 Å². The molecule has 2 saturated heterocycles. The van der Waals surface area contributed by atoms with Gasteiger partial charge in [0.25, 0.3) is 0 Å². The number of hydrogen-bond donors (Lipinski definition) is 0. The molecule has 0 bridgehead atoms. The summed E-state index contributed by atoms with van der Waals surface area (Å²) in [5, 5.41) is 0. The van der Waals surface area contributed by atoms with Crippen LogP contribution in [0.2, 0.25) is 0 Å². The highest BCUT2D eigenvalue weighted by Gasteiger charge is 2.41. The molecule has 2 heterocycles. The first kappa shape index (κ1) is 20.4. The van der Waals surface area contributed by atoms with Crippen molar-refractivity contribution in [3.05, 3.63) is 29.8 Å². The average Bonchev–Trinajstić information content (AvgIpc) is 3.04. The van der Waals surface area contributed by atoms with Crippen molar-refractivity contribution in [3.8, 4) is 5.75 Å². The number of ether oxygens (including phenoxy) is 1. The molecule has 3 rings (SSSR count). The first-order valence-electron chi connectivity index (χ1n) is 9.30. The van der Waals surface area contributed by atoms with Crippen LogP contribution in [0.3, 0.4) is 0 Å². The quantitative estimate of drug-likeness (QED) is 0.728. The highest BCUT2D eigenvalue weighted by atomic mass is 19.4. The van der Waals surface area contributed by atoms with Crippen LogP contribution in [-0.4, -0.2) is 59.8 Å². The van der Waals surface area contributed by atoms with Gasteiger partial charge in [-0.25, -0.2) is 4.39 Å². The van der Waals surface area contributed by atoms with Gasteiger partial charge in [-0.05, 0) is 37.0 Å². The largest absolute Gasteiger partial charge is 0.573 e. The number of benzene rings is 1. The standard InChI is InChI=1S/C19H22F4N2O3/c20-14-11-16(18(27)24-8-2-1-3-9-24)25(12-14)17(26)10-13-4-6-15(7-5-13)28-19(21,22)23/h4-7,14,16H,1-3,8-12H2/t14-,16-/m0/s1. The highest BCUT2D eigenvalue weighted by Crippen LogP contribution is 2.26. The van der Waals surface area contributed by atoms with Crippen LogP contribution in [0.5, 0.6) is 5.75 Å². The Morgan fingerprint density at radius 1 is 1.07 bits per heavy atom. The molecule has 0 radical (unpaired) electrons. The monoisotopic (exact) mass is 402 g/mol. The van der Waals surface area contributed by atoms with Crippen LogP contribution in [0.1, 0.15) is 31.2 Å². The number of amides is 2. The molecule has 0 aromatic heterocycles. The summed E-state index contributed by atoms with van der Waals surface area (Å²) in [6.45, 7) is 1.10. The van der Waals surface area contributed by atoms with Crippen molar-refractivity contribution in [2.45, 2.75) is 50.7 Å². The number of alkyl halides is 4. The topological polar surface area (TPSA) is 49.9 Å². The lowest BCUT2D eigenvalue weighted by atomic mass is 10.1. The molecule has 9 heteroatoms. The zero-order valence-corrected chi connectivity index (χ0v) is 15.3. The molecule has 154 valence electrons. The SMILES string of the molecule is O=C([C@@H]1C[C@H](F)CN1C(=O)Cc1ccc(OC(F)(F)F)cc1)N1CCCCC1. The van der Waals surface area contributed by atoms with Gasteiger partial charge in [-0.3, -0.25) is 9.59 Å². The molecule has 0 unspecified atom stereocenters. The Morgan fingerprint density at radius 2 is 1.71 bits per heavy atom. The summed E-state index contributed by atoms with van der Waals surface area (Å²) in [6, 6.07) is 4.13. The summed E-state index contributed by atoms with van der Waals surface area (Å²) >= 11 is 0. The smallest absolute Gasteiger partial charge is 0.406 e. The number of carbonyl (C=O) groups is 2. The zero-order chi connectivity index (χ0) is 20.3. The zero-order valence-electron chi connectivity index (χ0n) is 15.3. The molecule has 2 aliphatic heterocycles. The number of rotatable bonds is 4. The number of hydrogen-bond acceptors (Lipinski definition) is 3. The van der Waals surface area contributed by atoms with Crippen LogP contribution >= 0.6 is 0 Å². The minimum atomic E-state index is -4.79. The molecule has 0 spiro atoms. The number of carbonyl (C=O) groups excluding carboxylic acids is 2. The Bertz CT molecular complexity index is 702.